The van der Waals surface area contributed by atoms with E-state index in [1.807, 2.05) is 29.7 Å². The van der Waals surface area contributed by atoms with Crippen LogP contribution in [-0.4, -0.2) is 34.8 Å². The monoisotopic (exact) mass is 275 g/mol. The molecule has 0 saturated heterocycles. The van der Waals surface area contributed by atoms with E-state index in [1.165, 1.54) is 10.3 Å². The van der Waals surface area contributed by atoms with E-state index in [9.17, 15) is 4.79 Å². The molecule has 1 aliphatic rings. The van der Waals surface area contributed by atoms with Crippen LogP contribution in [0.4, 0.5) is 4.79 Å². The predicted octanol–water partition coefficient (Wildman–Crippen LogP) is 2.81. The summed E-state index contributed by atoms with van der Waals surface area (Å²) in [5.41, 5.74) is 2.30. The first kappa shape index (κ1) is 12.4. The van der Waals surface area contributed by atoms with Crippen LogP contribution in [0.5, 0.6) is 0 Å². The number of thioether (sulfide) groups is 1. The maximum absolute atomic E-state index is 12.0. The number of rotatable bonds is 1. The molecule has 0 radical (unpaired) electrons. The molecule has 0 atom stereocenters. The molecule has 2 heterocycles. The Labute approximate surface area is 116 Å². The highest BCUT2D eigenvalue weighted by atomic mass is 32.2. The van der Waals surface area contributed by atoms with E-state index in [-0.39, 0.29) is 6.03 Å². The molecule has 2 aromatic rings. The van der Waals surface area contributed by atoms with Crippen LogP contribution in [0, 0.1) is 0 Å². The standard InChI is InChI=1S/C14H17N3OS/c1-2-15-14(18)17-7-8-19-13-10-5-3-4-6-11(10)16-12(13)9-17/h3-6,16H,2,7-9H2,1H3,(H,15,18). The molecule has 0 saturated carbocycles. The minimum absolute atomic E-state index is 0.0228. The van der Waals surface area contributed by atoms with Crippen molar-refractivity contribution in [3.05, 3.63) is 30.0 Å². The van der Waals surface area contributed by atoms with Gasteiger partial charge in [-0.15, -0.1) is 11.8 Å². The van der Waals surface area contributed by atoms with Crippen molar-refractivity contribution >= 4 is 28.7 Å². The van der Waals surface area contributed by atoms with Crippen molar-refractivity contribution in [1.29, 1.82) is 0 Å². The van der Waals surface area contributed by atoms with Crippen LogP contribution < -0.4 is 5.32 Å². The quantitative estimate of drug-likeness (QED) is 0.840. The van der Waals surface area contributed by atoms with E-state index in [0.717, 1.165) is 23.5 Å². The van der Waals surface area contributed by atoms with Gasteiger partial charge in [0, 0.05) is 40.3 Å². The van der Waals surface area contributed by atoms with Gasteiger partial charge in [0.2, 0.25) is 0 Å². The molecule has 5 heteroatoms. The van der Waals surface area contributed by atoms with E-state index < -0.39 is 0 Å². The Morgan fingerprint density at radius 2 is 2.32 bits per heavy atom. The SMILES string of the molecule is CCNC(=O)N1CCSc2c([nH]c3ccccc23)C1. The van der Waals surface area contributed by atoms with Gasteiger partial charge in [-0.2, -0.15) is 0 Å². The van der Waals surface area contributed by atoms with E-state index in [4.69, 9.17) is 0 Å². The van der Waals surface area contributed by atoms with Gasteiger partial charge < -0.3 is 15.2 Å². The van der Waals surface area contributed by atoms with Gasteiger partial charge in [-0.25, -0.2) is 4.79 Å². The minimum atomic E-state index is 0.0228. The van der Waals surface area contributed by atoms with Crippen molar-refractivity contribution in [2.45, 2.75) is 18.4 Å². The fraction of sp³-hybridized carbons (Fsp3) is 0.357. The number of aromatic amines is 1. The number of carbonyl (C=O) groups is 1. The third-order valence-corrected chi connectivity index (χ3v) is 4.44. The molecule has 0 fully saturated rings. The van der Waals surface area contributed by atoms with Crippen LogP contribution in [0.1, 0.15) is 12.6 Å². The second-order valence-electron chi connectivity index (χ2n) is 4.58. The highest BCUT2D eigenvalue weighted by Crippen LogP contribution is 2.34. The lowest BCUT2D eigenvalue weighted by Gasteiger charge is -2.20. The van der Waals surface area contributed by atoms with Gasteiger partial charge in [0.1, 0.15) is 0 Å². The van der Waals surface area contributed by atoms with E-state index >= 15 is 0 Å². The van der Waals surface area contributed by atoms with Gasteiger partial charge in [-0.05, 0) is 13.0 Å². The summed E-state index contributed by atoms with van der Waals surface area (Å²) in [5.74, 6) is 0.936. The molecule has 3 rings (SSSR count). The number of urea groups is 1. The fourth-order valence-corrected chi connectivity index (χ4v) is 3.55. The molecule has 0 aliphatic carbocycles. The number of benzene rings is 1. The predicted molar refractivity (Wildman–Crippen MR) is 78.5 cm³/mol. The maximum Gasteiger partial charge on any atom is 0.317 e. The number of carbonyl (C=O) groups excluding carboxylic acids is 1. The molecule has 0 unspecified atom stereocenters. The number of hydrogen-bond donors (Lipinski definition) is 2. The summed E-state index contributed by atoms with van der Waals surface area (Å²) in [7, 11) is 0. The Bertz CT molecular complexity index is 608. The highest BCUT2D eigenvalue weighted by molar-refractivity contribution is 7.99. The number of nitrogens with one attached hydrogen (secondary N) is 2. The number of fused-ring (bicyclic) bond motifs is 3. The van der Waals surface area contributed by atoms with Crippen LogP contribution in [0.3, 0.4) is 0 Å². The minimum Gasteiger partial charge on any atom is -0.356 e. The second kappa shape index (κ2) is 5.17. The number of H-pyrrole nitrogens is 1. The van der Waals surface area contributed by atoms with Crippen molar-refractivity contribution in [2.75, 3.05) is 18.8 Å². The van der Waals surface area contributed by atoms with Crippen LogP contribution in [0.25, 0.3) is 10.9 Å². The normalized spacial score (nSPS) is 15.1. The third kappa shape index (κ3) is 2.30. The molecule has 2 N–H and O–H groups in total. The first-order valence-electron chi connectivity index (χ1n) is 6.54. The van der Waals surface area contributed by atoms with Crippen molar-refractivity contribution in [3.8, 4) is 0 Å². The summed E-state index contributed by atoms with van der Waals surface area (Å²) in [6.45, 7) is 4.05. The Balaban J connectivity index is 1.94. The molecule has 0 bridgehead atoms. The second-order valence-corrected chi connectivity index (χ2v) is 5.69. The van der Waals surface area contributed by atoms with Crippen molar-refractivity contribution in [2.24, 2.45) is 0 Å². The topological polar surface area (TPSA) is 48.1 Å². The van der Waals surface area contributed by atoms with Crippen molar-refractivity contribution < 1.29 is 4.79 Å². The lowest BCUT2D eigenvalue weighted by Crippen LogP contribution is -2.40. The number of amides is 2. The van der Waals surface area contributed by atoms with E-state index in [2.05, 4.69) is 28.5 Å². The number of para-hydroxylation sites is 1. The zero-order chi connectivity index (χ0) is 13.2. The molecule has 2 amide bonds. The largest absolute Gasteiger partial charge is 0.356 e. The first-order valence-corrected chi connectivity index (χ1v) is 7.53. The number of hydrogen-bond acceptors (Lipinski definition) is 2. The van der Waals surface area contributed by atoms with Gasteiger partial charge in [0.25, 0.3) is 0 Å². The zero-order valence-corrected chi connectivity index (χ0v) is 11.7. The van der Waals surface area contributed by atoms with E-state index in [0.29, 0.717) is 13.1 Å². The van der Waals surface area contributed by atoms with E-state index in [1.54, 1.807) is 0 Å². The summed E-state index contributed by atoms with van der Waals surface area (Å²) in [6, 6.07) is 8.34. The van der Waals surface area contributed by atoms with Gasteiger partial charge >= 0.3 is 6.03 Å². The molecule has 0 spiro atoms. The third-order valence-electron chi connectivity index (χ3n) is 3.30. The van der Waals surface area contributed by atoms with Crippen molar-refractivity contribution in [1.82, 2.24) is 15.2 Å². The Hall–Kier alpha value is -1.62. The highest BCUT2D eigenvalue weighted by Gasteiger charge is 2.21. The molecular formula is C14H17N3OS. The molecule has 100 valence electrons. The smallest absolute Gasteiger partial charge is 0.317 e. The van der Waals surface area contributed by atoms with Crippen LogP contribution >= 0.6 is 11.8 Å². The molecule has 1 aromatic carbocycles. The first-order chi connectivity index (χ1) is 9.29. The zero-order valence-electron chi connectivity index (χ0n) is 10.9. The summed E-state index contributed by atoms with van der Waals surface area (Å²) in [5, 5.41) is 4.14. The Kier molecular flexibility index (Phi) is 3.38. The lowest BCUT2D eigenvalue weighted by molar-refractivity contribution is 0.199. The molecule has 4 nitrogen and oxygen atoms in total. The van der Waals surface area contributed by atoms with Crippen LogP contribution in [0.15, 0.2) is 29.2 Å². The fourth-order valence-electron chi connectivity index (χ4n) is 2.41. The van der Waals surface area contributed by atoms with Gasteiger partial charge in [0.05, 0.1) is 6.54 Å². The summed E-state index contributed by atoms with van der Waals surface area (Å²) in [6.07, 6.45) is 0. The van der Waals surface area contributed by atoms with Gasteiger partial charge in [0.15, 0.2) is 0 Å². The summed E-state index contributed by atoms with van der Waals surface area (Å²) in [4.78, 5) is 18.6. The molecule has 1 aliphatic heterocycles. The van der Waals surface area contributed by atoms with Crippen LogP contribution in [0.2, 0.25) is 0 Å². The summed E-state index contributed by atoms with van der Waals surface area (Å²) >= 11 is 1.83. The Morgan fingerprint density at radius 3 is 3.16 bits per heavy atom. The summed E-state index contributed by atoms with van der Waals surface area (Å²) < 4.78 is 0. The molecular weight excluding hydrogens is 258 g/mol. The average molecular weight is 275 g/mol. The molecule has 1 aromatic heterocycles. The van der Waals surface area contributed by atoms with Gasteiger partial charge in [-0.1, -0.05) is 18.2 Å². The maximum atomic E-state index is 12.0. The molecule has 19 heavy (non-hydrogen) atoms. The van der Waals surface area contributed by atoms with Gasteiger partial charge in [-0.3, -0.25) is 0 Å². The Morgan fingerprint density at radius 1 is 1.47 bits per heavy atom. The van der Waals surface area contributed by atoms with Crippen LogP contribution in [-0.2, 0) is 6.54 Å². The van der Waals surface area contributed by atoms with Crippen molar-refractivity contribution in [3.63, 3.8) is 0 Å². The number of aromatic nitrogens is 1. The average Bonchev–Trinajstić information content (AvgIpc) is 2.63. The lowest BCUT2D eigenvalue weighted by atomic mass is 10.2. The number of nitrogens with zero attached hydrogens (tertiary/aromatic N) is 1.